The Morgan fingerprint density at radius 2 is 1.48 bits per heavy atom. The van der Waals surface area contributed by atoms with Gasteiger partial charge in [0.1, 0.15) is 11.3 Å². The van der Waals surface area contributed by atoms with Gasteiger partial charge in [0.2, 0.25) is 5.12 Å². The molecule has 0 amide bonds. The van der Waals surface area contributed by atoms with Crippen molar-refractivity contribution in [3.05, 3.63) is 11.3 Å². The van der Waals surface area contributed by atoms with Crippen molar-refractivity contribution < 1.29 is 14.7 Å². The van der Waals surface area contributed by atoms with Crippen LogP contribution in [0.15, 0.2) is 11.3 Å². The molecule has 2 atom stereocenters. The van der Waals surface area contributed by atoms with Gasteiger partial charge in [-0.2, -0.15) is 0 Å². The van der Waals surface area contributed by atoms with Crippen molar-refractivity contribution in [2.45, 2.75) is 103 Å². The summed E-state index contributed by atoms with van der Waals surface area (Å²) in [6.45, 7) is 2.27. The molecule has 2 aliphatic rings. The third-order valence-corrected chi connectivity index (χ3v) is 6.97. The van der Waals surface area contributed by atoms with Crippen LogP contribution in [0, 0.1) is 11.8 Å². The summed E-state index contributed by atoms with van der Waals surface area (Å²) in [6, 6.07) is 0. The van der Waals surface area contributed by atoms with Crippen LogP contribution >= 0.6 is 11.8 Å². The van der Waals surface area contributed by atoms with Gasteiger partial charge in [0, 0.05) is 6.42 Å². The standard InChI is InChI=1S/C23H38O3S/c1-2-3-4-5-7-10-13-18-16-19(18)14-11-8-6-9-12-15-20(24)22-21(25)17-27-23(22)26/h18-19,25H,2-17H2,1H3. The summed E-state index contributed by atoms with van der Waals surface area (Å²) in [5.74, 6) is 2.11. The predicted octanol–water partition coefficient (Wildman–Crippen LogP) is 6.76. The number of hydrogen-bond acceptors (Lipinski definition) is 4. The van der Waals surface area contributed by atoms with Gasteiger partial charge in [0.25, 0.3) is 0 Å². The van der Waals surface area contributed by atoms with Crippen LogP contribution in [0.25, 0.3) is 0 Å². The summed E-state index contributed by atoms with van der Waals surface area (Å²) in [5.41, 5.74) is 0.0603. The Kier molecular flexibility index (Phi) is 10.5. The monoisotopic (exact) mass is 394 g/mol. The van der Waals surface area contributed by atoms with Gasteiger partial charge in [-0.25, -0.2) is 0 Å². The number of hydrogen-bond donors (Lipinski definition) is 1. The Bertz CT molecular complexity index is 512. The molecular formula is C23H38O3S. The summed E-state index contributed by atoms with van der Waals surface area (Å²) in [7, 11) is 0. The highest BCUT2D eigenvalue weighted by atomic mass is 32.2. The van der Waals surface area contributed by atoms with Crippen molar-refractivity contribution in [1.29, 1.82) is 0 Å². The number of aliphatic hydroxyl groups is 1. The molecule has 0 bridgehead atoms. The minimum atomic E-state index is -0.252. The highest BCUT2D eigenvalue weighted by Gasteiger charge is 2.35. The zero-order valence-corrected chi connectivity index (χ0v) is 18.0. The number of carbonyl (C=O) groups is 2. The van der Waals surface area contributed by atoms with Crippen LogP contribution in [-0.2, 0) is 9.59 Å². The van der Waals surface area contributed by atoms with Crippen LogP contribution in [0.3, 0.4) is 0 Å². The minimum absolute atomic E-state index is 0.0186. The molecule has 1 N–H and O–H groups in total. The van der Waals surface area contributed by atoms with E-state index in [2.05, 4.69) is 6.92 Å². The Balaban J connectivity index is 1.38. The number of Topliss-reactive ketones (excluding diaryl/α,β-unsaturated/α-hetero) is 1. The summed E-state index contributed by atoms with van der Waals surface area (Å²) >= 11 is 1.03. The first kappa shape index (κ1) is 22.5. The molecule has 0 spiro atoms. The Morgan fingerprint density at radius 3 is 2.04 bits per heavy atom. The summed E-state index contributed by atoms with van der Waals surface area (Å²) in [4.78, 5) is 23.5. The topological polar surface area (TPSA) is 54.4 Å². The van der Waals surface area contributed by atoms with Gasteiger partial charge < -0.3 is 5.11 Å². The van der Waals surface area contributed by atoms with E-state index in [0.717, 1.165) is 36.4 Å². The molecule has 0 saturated heterocycles. The van der Waals surface area contributed by atoms with Gasteiger partial charge in [0.15, 0.2) is 5.78 Å². The second kappa shape index (κ2) is 12.6. The Labute approximate surface area is 169 Å². The van der Waals surface area contributed by atoms with Crippen molar-refractivity contribution in [3.63, 3.8) is 0 Å². The van der Waals surface area contributed by atoms with Crippen LogP contribution in [0.4, 0.5) is 0 Å². The lowest BCUT2D eigenvalue weighted by molar-refractivity contribution is -0.118. The van der Waals surface area contributed by atoms with Gasteiger partial charge in [-0.1, -0.05) is 95.7 Å². The van der Waals surface area contributed by atoms with Crippen LogP contribution in [0.2, 0.25) is 0 Å². The number of aliphatic hydroxyl groups excluding tert-OH is 1. The molecule has 0 aromatic carbocycles. The van der Waals surface area contributed by atoms with Gasteiger partial charge in [0.05, 0.1) is 5.75 Å². The van der Waals surface area contributed by atoms with Crippen molar-refractivity contribution in [2.75, 3.05) is 5.75 Å². The SMILES string of the molecule is CCCCCCCCC1CC1CCCCCCCC(=O)C1=C(O)CSC1=O. The van der Waals surface area contributed by atoms with Crippen LogP contribution in [0.5, 0.6) is 0 Å². The summed E-state index contributed by atoms with van der Waals surface area (Å²) in [5, 5.41) is 9.35. The molecule has 1 heterocycles. The van der Waals surface area contributed by atoms with Crippen LogP contribution in [-0.4, -0.2) is 21.8 Å². The number of carbonyl (C=O) groups excluding carboxylic acids is 2. The van der Waals surface area contributed by atoms with Crippen molar-refractivity contribution >= 4 is 22.7 Å². The van der Waals surface area contributed by atoms with E-state index in [1.807, 2.05) is 0 Å². The maximum absolute atomic E-state index is 12.0. The average Bonchev–Trinajstić information content (AvgIpc) is 3.31. The first-order valence-corrected chi connectivity index (χ1v) is 12.2. The highest BCUT2D eigenvalue weighted by Crippen LogP contribution is 2.45. The van der Waals surface area contributed by atoms with E-state index < -0.39 is 0 Å². The number of ketones is 1. The fraction of sp³-hybridized carbons (Fsp3) is 0.826. The molecule has 1 aliphatic heterocycles. The Hall–Kier alpha value is -0.770. The smallest absolute Gasteiger partial charge is 0.226 e. The van der Waals surface area contributed by atoms with Crippen molar-refractivity contribution in [3.8, 4) is 0 Å². The van der Waals surface area contributed by atoms with Crippen molar-refractivity contribution in [1.82, 2.24) is 0 Å². The zero-order valence-electron chi connectivity index (χ0n) is 17.1. The highest BCUT2D eigenvalue weighted by molar-refractivity contribution is 8.14. The molecule has 27 heavy (non-hydrogen) atoms. The molecule has 1 fully saturated rings. The summed E-state index contributed by atoms with van der Waals surface area (Å²) in [6.07, 6.45) is 18.8. The van der Waals surface area contributed by atoms with Crippen molar-refractivity contribution in [2.24, 2.45) is 11.8 Å². The first-order valence-electron chi connectivity index (χ1n) is 11.3. The fourth-order valence-electron chi connectivity index (χ4n) is 4.22. The molecule has 0 aromatic rings. The lowest BCUT2D eigenvalue weighted by Gasteiger charge is -2.03. The lowest BCUT2D eigenvalue weighted by atomic mass is 10.0. The maximum Gasteiger partial charge on any atom is 0.226 e. The van der Waals surface area contributed by atoms with Gasteiger partial charge in [-0.3, -0.25) is 9.59 Å². The largest absolute Gasteiger partial charge is 0.510 e. The van der Waals surface area contributed by atoms with Gasteiger partial charge in [-0.05, 0) is 24.7 Å². The van der Waals surface area contributed by atoms with E-state index in [0.29, 0.717) is 6.42 Å². The third-order valence-electron chi connectivity index (χ3n) is 6.09. The molecule has 1 aliphatic carbocycles. The summed E-state index contributed by atoms with van der Waals surface area (Å²) < 4.78 is 0. The van der Waals surface area contributed by atoms with Gasteiger partial charge in [-0.15, -0.1) is 0 Å². The van der Waals surface area contributed by atoms with Crippen LogP contribution in [0.1, 0.15) is 103 Å². The number of unbranched alkanes of at least 4 members (excludes halogenated alkanes) is 9. The third kappa shape index (κ3) is 8.41. The Morgan fingerprint density at radius 1 is 0.926 bits per heavy atom. The van der Waals surface area contributed by atoms with E-state index in [1.165, 1.54) is 77.0 Å². The van der Waals surface area contributed by atoms with E-state index in [-0.39, 0.29) is 28.0 Å². The predicted molar refractivity (Wildman–Crippen MR) is 114 cm³/mol. The number of thioether (sulfide) groups is 1. The zero-order chi connectivity index (χ0) is 19.5. The molecule has 2 unspecified atom stereocenters. The second-order valence-electron chi connectivity index (χ2n) is 8.44. The van der Waals surface area contributed by atoms with Gasteiger partial charge >= 0.3 is 0 Å². The quantitative estimate of drug-likeness (QED) is 0.232. The average molecular weight is 395 g/mol. The molecule has 3 nitrogen and oxygen atoms in total. The lowest BCUT2D eigenvalue weighted by Crippen LogP contribution is -2.08. The van der Waals surface area contributed by atoms with E-state index in [9.17, 15) is 14.7 Å². The normalized spacial score (nSPS) is 21.9. The number of rotatable bonds is 16. The van der Waals surface area contributed by atoms with E-state index >= 15 is 0 Å². The molecule has 2 rings (SSSR count). The minimum Gasteiger partial charge on any atom is -0.510 e. The molecule has 1 saturated carbocycles. The molecular weight excluding hydrogens is 356 g/mol. The molecule has 4 heteroatoms. The van der Waals surface area contributed by atoms with E-state index in [4.69, 9.17) is 0 Å². The molecule has 0 radical (unpaired) electrons. The fourth-order valence-corrected chi connectivity index (χ4v) is 5.01. The van der Waals surface area contributed by atoms with Crippen LogP contribution < -0.4 is 0 Å². The molecule has 154 valence electrons. The molecule has 0 aromatic heterocycles. The van der Waals surface area contributed by atoms with E-state index in [1.54, 1.807) is 0 Å². The second-order valence-corrected chi connectivity index (χ2v) is 9.39. The first-order chi connectivity index (χ1) is 13.1. The maximum atomic E-state index is 12.0.